The maximum atomic E-state index is 2.57. The lowest BCUT2D eigenvalue weighted by Gasteiger charge is -2.22. The molecule has 0 N–H and O–H groups in total. The summed E-state index contributed by atoms with van der Waals surface area (Å²) >= 11 is 0. The van der Waals surface area contributed by atoms with Crippen LogP contribution in [0.25, 0.3) is 98.4 Å². The van der Waals surface area contributed by atoms with Gasteiger partial charge in [0.05, 0.1) is 27.8 Å². The Balaban J connectivity index is 1.31. The molecule has 0 saturated carbocycles. The molecule has 0 fully saturated rings. The first kappa shape index (κ1) is 29.0. The fourth-order valence-electron chi connectivity index (χ4n) is 9.93. The van der Waals surface area contributed by atoms with E-state index in [2.05, 4.69) is 193 Å². The number of hydrogen-bond donors (Lipinski definition) is 0. The summed E-state index contributed by atoms with van der Waals surface area (Å²) in [5.41, 5.74) is 12.6. The standard InChI is InChI=1S/C51H34N2/c1-51(2)43-23-11-7-18-35(43)40-29-41-38-21-10-14-26-47(38)53(48(41)30-44(40)51)49-28-31(52-45-24-12-8-19-36(45)37-20-9-13-25-46(37)52)27-42-34-17-4-3-15-32(34)33-16-5-6-22-39(33)50(42)49/h3-30H,1-2H3. The molecule has 0 atom stereocenters. The minimum Gasteiger partial charge on any atom is -0.309 e. The largest absolute Gasteiger partial charge is 0.309 e. The zero-order chi connectivity index (χ0) is 35.0. The van der Waals surface area contributed by atoms with Crippen molar-refractivity contribution in [2.75, 3.05) is 0 Å². The first-order valence-corrected chi connectivity index (χ1v) is 18.6. The Kier molecular flexibility index (Phi) is 5.60. The Hall–Kier alpha value is -6.64. The highest BCUT2D eigenvalue weighted by molar-refractivity contribution is 6.28. The van der Waals surface area contributed by atoms with Gasteiger partial charge in [-0.05, 0) is 91.6 Å². The van der Waals surface area contributed by atoms with Crippen LogP contribution in [0.3, 0.4) is 0 Å². The van der Waals surface area contributed by atoms with Crippen molar-refractivity contribution in [3.63, 3.8) is 0 Å². The minimum absolute atomic E-state index is 0.114. The van der Waals surface area contributed by atoms with Gasteiger partial charge in [-0.25, -0.2) is 0 Å². The lowest BCUT2D eigenvalue weighted by molar-refractivity contribution is 0.661. The average molecular weight is 675 g/mol. The monoisotopic (exact) mass is 674 g/mol. The Morgan fingerprint density at radius 1 is 0.340 bits per heavy atom. The van der Waals surface area contributed by atoms with E-state index in [1.165, 1.54) is 104 Å². The summed E-state index contributed by atoms with van der Waals surface area (Å²) in [4.78, 5) is 0. The van der Waals surface area contributed by atoms with E-state index in [1.807, 2.05) is 0 Å². The second kappa shape index (κ2) is 10.2. The molecule has 0 aliphatic heterocycles. The van der Waals surface area contributed by atoms with Crippen LogP contribution in [0.15, 0.2) is 170 Å². The topological polar surface area (TPSA) is 9.86 Å². The van der Waals surface area contributed by atoms with Crippen molar-refractivity contribution in [3.8, 4) is 22.5 Å². The number of para-hydroxylation sites is 3. The van der Waals surface area contributed by atoms with Crippen molar-refractivity contribution in [1.29, 1.82) is 0 Å². The molecule has 2 heteroatoms. The third-order valence-corrected chi connectivity index (χ3v) is 12.3. The fourth-order valence-corrected chi connectivity index (χ4v) is 9.93. The molecule has 0 bridgehead atoms. The molecule has 0 spiro atoms. The van der Waals surface area contributed by atoms with Crippen molar-refractivity contribution >= 4 is 75.9 Å². The number of aromatic nitrogens is 2. The van der Waals surface area contributed by atoms with E-state index in [0.29, 0.717) is 0 Å². The van der Waals surface area contributed by atoms with Crippen molar-refractivity contribution in [2.45, 2.75) is 19.3 Å². The van der Waals surface area contributed by atoms with Gasteiger partial charge >= 0.3 is 0 Å². The van der Waals surface area contributed by atoms with Crippen LogP contribution in [0.4, 0.5) is 0 Å². The maximum Gasteiger partial charge on any atom is 0.0567 e. The van der Waals surface area contributed by atoms with Crippen molar-refractivity contribution in [2.24, 2.45) is 0 Å². The zero-order valence-electron chi connectivity index (χ0n) is 29.6. The van der Waals surface area contributed by atoms with Crippen LogP contribution in [-0.4, -0.2) is 9.13 Å². The highest BCUT2D eigenvalue weighted by Gasteiger charge is 2.36. The Bertz CT molecular complexity index is 3320. The zero-order valence-corrected chi connectivity index (χ0v) is 29.6. The summed E-state index contributed by atoms with van der Waals surface area (Å²) in [5.74, 6) is 0. The van der Waals surface area contributed by atoms with Gasteiger partial charge < -0.3 is 9.13 Å². The lowest BCUT2D eigenvalue weighted by atomic mass is 9.82. The van der Waals surface area contributed by atoms with Gasteiger partial charge in [0.2, 0.25) is 0 Å². The first-order valence-electron chi connectivity index (χ1n) is 18.6. The van der Waals surface area contributed by atoms with Crippen molar-refractivity contribution in [1.82, 2.24) is 9.13 Å². The molecule has 0 saturated heterocycles. The normalized spacial score (nSPS) is 13.6. The van der Waals surface area contributed by atoms with E-state index in [9.17, 15) is 0 Å². The molecule has 248 valence electrons. The molecule has 2 nitrogen and oxygen atoms in total. The van der Waals surface area contributed by atoms with E-state index in [0.717, 1.165) is 5.69 Å². The molecule has 0 unspecified atom stereocenters. The van der Waals surface area contributed by atoms with Gasteiger partial charge in [-0.15, -0.1) is 0 Å². The summed E-state index contributed by atoms with van der Waals surface area (Å²) in [7, 11) is 0. The molecule has 0 radical (unpaired) electrons. The number of rotatable bonds is 2. The van der Waals surface area contributed by atoms with Gasteiger partial charge in [0.15, 0.2) is 0 Å². The molecule has 9 aromatic carbocycles. The summed E-state index contributed by atoms with van der Waals surface area (Å²) in [6, 6.07) is 63.5. The predicted molar refractivity (Wildman–Crippen MR) is 225 cm³/mol. The van der Waals surface area contributed by atoms with Crippen LogP contribution in [-0.2, 0) is 5.41 Å². The number of fused-ring (bicyclic) bond motifs is 15. The second-order valence-electron chi connectivity index (χ2n) is 15.3. The first-order chi connectivity index (χ1) is 26.1. The third-order valence-electron chi connectivity index (χ3n) is 12.3. The Morgan fingerprint density at radius 2 is 0.830 bits per heavy atom. The molecule has 0 amide bonds. The maximum absolute atomic E-state index is 2.57. The van der Waals surface area contributed by atoms with Crippen molar-refractivity contribution < 1.29 is 0 Å². The van der Waals surface area contributed by atoms with Gasteiger partial charge in [0.1, 0.15) is 0 Å². The Morgan fingerprint density at radius 3 is 1.49 bits per heavy atom. The van der Waals surface area contributed by atoms with Crippen molar-refractivity contribution in [3.05, 3.63) is 181 Å². The van der Waals surface area contributed by atoms with Gasteiger partial charge in [0.25, 0.3) is 0 Å². The number of hydrogen-bond acceptors (Lipinski definition) is 0. The second-order valence-corrected chi connectivity index (χ2v) is 15.3. The summed E-state index contributed by atoms with van der Waals surface area (Å²) < 4.78 is 5.05. The van der Waals surface area contributed by atoms with Gasteiger partial charge in [-0.1, -0.05) is 141 Å². The quantitative estimate of drug-likeness (QED) is 0.162. The summed E-state index contributed by atoms with van der Waals surface area (Å²) in [6.07, 6.45) is 0. The number of nitrogens with zero attached hydrogens (tertiary/aromatic N) is 2. The molecule has 2 aromatic heterocycles. The number of benzene rings is 9. The minimum atomic E-state index is -0.114. The lowest BCUT2D eigenvalue weighted by Crippen LogP contribution is -2.15. The molecule has 12 rings (SSSR count). The van der Waals surface area contributed by atoms with E-state index >= 15 is 0 Å². The Labute approximate surface area is 306 Å². The van der Waals surface area contributed by atoms with Gasteiger partial charge in [0, 0.05) is 38.0 Å². The van der Waals surface area contributed by atoms with Crippen LogP contribution in [0.1, 0.15) is 25.0 Å². The SMILES string of the molecule is CC1(C)c2ccccc2-c2cc3c4ccccc4n(-c4cc(-n5c6ccccc6c6ccccc65)cc5c6ccccc6c6ccccc6c45)c3cc21. The van der Waals surface area contributed by atoms with Crippen LogP contribution in [0, 0.1) is 0 Å². The average Bonchev–Trinajstić information content (AvgIpc) is 3.80. The molecule has 53 heavy (non-hydrogen) atoms. The highest BCUT2D eigenvalue weighted by atomic mass is 15.0. The highest BCUT2D eigenvalue weighted by Crippen LogP contribution is 2.51. The van der Waals surface area contributed by atoms with Crippen LogP contribution < -0.4 is 0 Å². The van der Waals surface area contributed by atoms with E-state index in [-0.39, 0.29) is 5.41 Å². The molecular formula is C51H34N2. The van der Waals surface area contributed by atoms with E-state index in [4.69, 9.17) is 0 Å². The molecule has 11 aromatic rings. The summed E-state index contributed by atoms with van der Waals surface area (Å²) in [6.45, 7) is 4.77. The molecule has 2 heterocycles. The van der Waals surface area contributed by atoms with E-state index in [1.54, 1.807) is 0 Å². The third kappa shape index (κ3) is 3.72. The predicted octanol–water partition coefficient (Wildman–Crippen LogP) is 13.6. The molecule has 1 aliphatic rings. The smallest absolute Gasteiger partial charge is 0.0567 e. The molecular weight excluding hydrogens is 641 g/mol. The van der Waals surface area contributed by atoms with Crippen LogP contribution in [0.5, 0.6) is 0 Å². The van der Waals surface area contributed by atoms with E-state index < -0.39 is 0 Å². The fraction of sp³-hybridized carbons (Fsp3) is 0.0588. The molecule has 1 aliphatic carbocycles. The van der Waals surface area contributed by atoms with Gasteiger partial charge in [-0.2, -0.15) is 0 Å². The van der Waals surface area contributed by atoms with Crippen LogP contribution in [0.2, 0.25) is 0 Å². The summed E-state index contributed by atoms with van der Waals surface area (Å²) in [5, 5.41) is 12.7. The van der Waals surface area contributed by atoms with Gasteiger partial charge in [-0.3, -0.25) is 0 Å². The van der Waals surface area contributed by atoms with Crippen LogP contribution >= 0.6 is 0 Å².